The molecule has 11 heavy (non-hydrogen) atoms. The van der Waals surface area contributed by atoms with Gasteiger partial charge in [-0.25, -0.2) is 0 Å². The molecule has 0 bridgehead atoms. The van der Waals surface area contributed by atoms with Crippen LogP contribution in [0, 0.1) is 5.92 Å². The van der Waals surface area contributed by atoms with Gasteiger partial charge in [0.2, 0.25) is 0 Å². The van der Waals surface area contributed by atoms with Crippen LogP contribution in [0.5, 0.6) is 0 Å². The van der Waals surface area contributed by atoms with Crippen molar-refractivity contribution in [2.75, 3.05) is 13.2 Å². The van der Waals surface area contributed by atoms with Crippen molar-refractivity contribution in [2.45, 2.75) is 25.2 Å². The molecule has 1 saturated heterocycles. The smallest absolute Gasteiger partial charge is 0.163 e. The van der Waals surface area contributed by atoms with Gasteiger partial charge in [0, 0.05) is 18.9 Å². The highest BCUT2D eigenvalue weighted by atomic mass is 16.6. The SMILES string of the molecule is [2H]C(O)[C@H]1CC(C)(O)O[C@@H]1CO. The van der Waals surface area contributed by atoms with Crippen LogP contribution in [0.4, 0.5) is 0 Å². The highest BCUT2D eigenvalue weighted by Crippen LogP contribution is 2.32. The molecule has 0 aromatic carbocycles. The van der Waals surface area contributed by atoms with Crippen LogP contribution in [-0.2, 0) is 4.74 Å². The van der Waals surface area contributed by atoms with E-state index in [4.69, 9.17) is 16.3 Å². The largest absolute Gasteiger partial charge is 0.396 e. The summed E-state index contributed by atoms with van der Waals surface area (Å²) in [4.78, 5) is 0. The highest BCUT2D eigenvalue weighted by Gasteiger charge is 2.41. The van der Waals surface area contributed by atoms with Gasteiger partial charge < -0.3 is 20.1 Å². The molecule has 4 heteroatoms. The van der Waals surface area contributed by atoms with Gasteiger partial charge in [-0.1, -0.05) is 0 Å². The molecule has 0 amide bonds. The molecule has 1 aliphatic heterocycles. The lowest BCUT2D eigenvalue weighted by atomic mass is 10.0. The number of hydrogen-bond donors (Lipinski definition) is 3. The van der Waals surface area contributed by atoms with E-state index in [0.717, 1.165) is 0 Å². The summed E-state index contributed by atoms with van der Waals surface area (Å²) in [5.41, 5.74) is 0. The zero-order chi connectivity index (χ0) is 9.35. The van der Waals surface area contributed by atoms with Gasteiger partial charge in [0.25, 0.3) is 0 Å². The molecule has 2 unspecified atom stereocenters. The molecular formula is C7H14O4. The van der Waals surface area contributed by atoms with E-state index in [1.54, 1.807) is 0 Å². The van der Waals surface area contributed by atoms with Crippen molar-refractivity contribution in [3.63, 3.8) is 0 Å². The zero-order valence-electron chi connectivity index (χ0n) is 7.40. The maximum atomic E-state index is 9.39. The molecule has 1 rings (SSSR count). The second kappa shape index (κ2) is 3.06. The molecule has 1 fully saturated rings. The Labute approximate surface area is 66.8 Å². The Hall–Kier alpha value is -0.160. The van der Waals surface area contributed by atoms with E-state index in [2.05, 4.69) is 0 Å². The minimum absolute atomic E-state index is 0.183. The number of hydrogen-bond acceptors (Lipinski definition) is 4. The fourth-order valence-electron chi connectivity index (χ4n) is 1.35. The van der Waals surface area contributed by atoms with Gasteiger partial charge in [-0.2, -0.15) is 0 Å². The lowest BCUT2D eigenvalue weighted by Gasteiger charge is -2.16. The van der Waals surface area contributed by atoms with E-state index in [1.807, 2.05) is 0 Å². The Morgan fingerprint density at radius 3 is 2.73 bits per heavy atom. The zero-order valence-corrected chi connectivity index (χ0v) is 6.40. The third kappa shape index (κ3) is 1.90. The third-order valence-corrected chi connectivity index (χ3v) is 1.87. The van der Waals surface area contributed by atoms with Crippen molar-refractivity contribution in [2.24, 2.45) is 5.92 Å². The van der Waals surface area contributed by atoms with Crippen molar-refractivity contribution in [3.8, 4) is 0 Å². The summed E-state index contributed by atoms with van der Waals surface area (Å²) in [7, 11) is 0. The maximum Gasteiger partial charge on any atom is 0.163 e. The molecule has 1 aliphatic rings. The van der Waals surface area contributed by atoms with Crippen molar-refractivity contribution < 1.29 is 21.4 Å². The summed E-state index contributed by atoms with van der Waals surface area (Å²) in [5, 5.41) is 27.1. The molecule has 66 valence electrons. The standard InChI is InChI=1S/C7H14O4/c1-7(10)2-5(3-8)6(4-9)11-7/h5-6,8-10H,2-4H2,1H3/t5-,6-,7?/m1/s1/i3D/t3?,5-,6-,7?. The van der Waals surface area contributed by atoms with Gasteiger partial charge in [-0.05, 0) is 6.92 Å². The Morgan fingerprint density at radius 2 is 2.36 bits per heavy atom. The first-order valence-electron chi connectivity index (χ1n) is 4.15. The summed E-state index contributed by atoms with van der Waals surface area (Å²) < 4.78 is 12.0. The highest BCUT2D eigenvalue weighted by molar-refractivity contribution is 4.83. The van der Waals surface area contributed by atoms with E-state index in [0.29, 0.717) is 0 Å². The molecule has 3 N–H and O–H groups in total. The average Bonchev–Trinajstić information content (AvgIpc) is 2.25. The normalized spacial score (nSPS) is 48.9. The molecule has 0 aliphatic carbocycles. The molecule has 0 spiro atoms. The van der Waals surface area contributed by atoms with Gasteiger partial charge in [-0.3, -0.25) is 0 Å². The summed E-state index contributed by atoms with van der Waals surface area (Å²) in [6, 6.07) is 0. The van der Waals surface area contributed by atoms with Crippen molar-refractivity contribution in [3.05, 3.63) is 0 Å². The Bertz CT molecular complexity index is 159. The number of ether oxygens (including phenoxy) is 1. The number of aliphatic hydroxyl groups excluding tert-OH is 2. The topological polar surface area (TPSA) is 69.9 Å². The van der Waals surface area contributed by atoms with Crippen LogP contribution in [0.15, 0.2) is 0 Å². The van der Waals surface area contributed by atoms with Crippen molar-refractivity contribution >= 4 is 0 Å². The lowest BCUT2D eigenvalue weighted by molar-refractivity contribution is -0.184. The maximum absolute atomic E-state index is 9.39. The second-order valence-corrected chi connectivity index (χ2v) is 3.03. The van der Waals surface area contributed by atoms with Gasteiger partial charge in [-0.15, -0.1) is 0 Å². The van der Waals surface area contributed by atoms with Gasteiger partial charge >= 0.3 is 0 Å². The lowest BCUT2D eigenvalue weighted by Crippen LogP contribution is -2.26. The second-order valence-electron chi connectivity index (χ2n) is 3.03. The molecule has 0 saturated carbocycles. The van der Waals surface area contributed by atoms with Crippen LogP contribution >= 0.6 is 0 Å². The molecule has 1 heterocycles. The van der Waals surface area contributed by atoms with E-state index in [-0.39, 0.29) is 13.0 Å². The molecule has 0 aromatic rings. The summed E-state index contributed by atoms with van der Waals surface area (Å²) in [6.07, 6.45) is -0.449. The first-order chi connectivity index (χ1) is 5.46. The van der Waals surface area contributed by atoms with Gasteiger partial charge in [0.1, 0.15) is 0 Å². The van der Waals surface area contributed by atoms with Crippen molar-refractivity contribution in [1.29, 1.82) is 0 Å². The number of aliphatic hydroxyl groups is 3. The van der Waals surface area contributed by atoms with Crippen LogP contribution in [0.3, 0.4) is 0 Å². The van der Waals surface area contributed by atoms with Crippen LogP contribution in [0.1, 0.15) is 14.7 Å². The molecule has 4 nitrogen and oxygen atoms in total. The van der Waals surface area contributed by atoms with Crippen LogP contribution in [0.2, 0.25) is 0 Å². The predicted octanol–water partition coefficient (Wildman–Crippen LogP) is -0.915. The average molecular weight is 163 g/mol. The third-order valence-electron chi connectivity index (χ3n) is 1.87. The minimum Gasteiger partial charge on any atom is -0.396 e. The van der Waals surface area contributed by atoms with E-state index < -0.39 is 24.4 Å². The monoisotopic (exact) mass is 163 g/mol. The fourth-order valence-corrected chi connectivity index (χ4v) is 1.35. The molecular weight excluding hydrogens is 148 g/mol. The number of rotatable bonds is 2. The van der Waals surface area contributed by atoms with E-state index >= 15 is 0 Å². The molecule has 4 atom stereocenters. The van der Waals surface area contributed by atoms with Gasteiger partial charge in [0.05, 0.1) is 14.1 Å². The first-order valence-corrected chi connectivity index (χ1v) is 3.57. The Morgan fingerprint density at radius 1 is 1.73 bits per heavy atom. The summed E-state index contributed by atoms with van der Waals surface area (Å²) in [6.45, 7) is -0.134. The fraction of sp³-hybridized carbons (Fsp3) is 1.00. The Balaban J connectivity index is 2.63. The first kappa shape index (κ1) is 7.49. The van der Waals surface area contributed by atoms with Crippen LogP contribution in [-0.4, -0.2) is 40.4 Å². The molecule has 0 radical (unpaired) electrons. The summed E-state index contributed by atoms with van der Waals surface area (Å²) >= 11 is 0. The van der Waals surface area contributed by atoms with Crippen molar-refractivity contribution in [1.82, 2.24) is 0 Å². The van der Waals surface area contributed by atoms with Gasteiger partial charge in [0.15, 0.2) is 5.79 Å². The quantitative estimate of drug-likeness (QED) is 0.492. The predicted molar refractivity (Wildman–Crippen MR) is 37.8 cm³/mol. The van der Waals surface area contributed by atoms with Crippen LogP contribution in [0.25, 0.3) is 0 Å². The Kier molecular flexibility index (Phi) is 2.09. The molecule has 0 aromatic heterocycles. The minimum atomic E-state index is -1.32. The van der Waals surface area contributed by atoms with E-state index in [9.17, 15) is 5.11 Å². The van der Waals surface area contributed by atoms with E-state index in [1.165, 1.54) is 6.92 Å². The summed E-state index contributed by atoms with van der Waals surface area (Å²) in [5.74, 6) is -1.83. The van der Waals surface area contributed by atoms with Crippen LogP contribution < -0.4 is 0 Å².